The second-order valence-corrected chi connectivity index (χ2v) is 4.07. The van der Waals surface area contributed by atoms with Gasteiger partial charge in [-0.05, 0) is 18.2 Å². The quantitative estimate of drug-likeness (QED) is 0.715. The molecule has 19 heavy (non-hydrogen) atoms. The zero-order chi connectivity index (χ0) is 13.2. The average molecular weight is 254 g/mol. The van der Waals surface area contributed by atoms with Crippen molar-refractivity contribution in [3.05, 3.63) is 60.5 Å². The lowest BCUT2D eigenvalue weighted by molar-refractivity contribution is 0.633. The lowest BCUT2D eigenvalue weighted by atomic mass is 10.1. The molecular formula is C14H11FN4. The number of nitrogens with zero attached hydrogens (tertiary/aromatic N) is 3. The first-order valence-corrected chi connectivity index (χ1v) is 5.78. The van der Waals surface area contributed by atoms with Gasteiger partial charge in [-0.3, -0.25) is 0 Å². The monoisotopic (exact) mass is 254 g/mol. The van der Waals surface area contributed by atoms with Gasteiger partial charge in [0.2, 0.25) is 0 Å². The molecule has 2 aromatic carbocycles. The van der Waals surface area contributed by atoms with Crippen LogP contribution in [-0.4, -0.2) is 15.0 Å². The molecule has 0 radical (unpaired) electrons. The van der Waals surface area contributed by atoms with Gasteiger partial charge in [-0.2, -0.15) is 0 Å². The van der Waals surface area contributed by atoms with E-state index in [9.17, 15) is 4.39 Å². The average Bonchev–Trinajstić information content (AvgIpc) is 2.92. The van der Waals surface area contributed by atoms with Crippen molar-refractivity contribution >= 4 is 5.69 Å². The molecule has 2 N–H and O–H groups in total. The fraction of sp³-hybridized carbons (Fsp3) is 0. The Morgan fingerprint density at radius 1 is 1.00 bits per heavy atom. The minimum Gasteiger partial charge on any atom is -0.396 e. The van der Waals surface area contributed by atoms with Gasteiger partial charge in [-0.25, -0.2) is 9.07 Å². The molecule has 0 amide bonds. The Bertz CT molecular complexity index is 706. The molecule has 0 fully saturated rings. The third kappa shape index (κ3) is 1.95. The minimum atomic E-state index is -0.446. The second-order valence-electron chi connectivity index (χ2n) is 4.07. The summed E-state index contributed by atoms with van der Waals surface area (Å²) >= 11 is 0. The summed E-state index contributed by atoms with van der Waals surface area (Å²) in [6.45, 7) is 0. The number of nitrogens with two attached hydrogens (primary N) is 1. The highest BCUT2D eigenvalue weighted by atomic mass is 19.1. The van der Waals surface area contributed by atoms with Crippen LogP contribution in [0.2, 0.25) is 0 Å². The molecule has 1 aromatic heterocycles. The van der Waals surface area contributed by atoms with Crippen LogP contribution in [0, 0.1) is 5.82 Å². The van der Waals surface area contributed by atoms with E-state index in [1.54, 1.807) is 23.0 Å². The van der Waals surface area contributed by atoms with E-state index in [0.29, 0.717) is 11.3 Å². The summed E-state index contributed by atoms with van der Waals surface area (Å²) in [7, 11) is 0. The predicted molar refractivity (Wildman–Crippen MR) is 71.2 cm³/mol. The summed E-state index contributed by atoms with van der Waals surface area (Å²) in [5, 5.41) is 7.90. The Labute approximate surface area is 109 Å². The first-order valence-electron chi connectivity index (χ1n) is 5.78. The summed E-state index contributed by atoms with van der Waals surface area (Å²) in [4.78, 5) is 0. The Balaban J connectivity index is 2.18. The third-order valence-electron chi connectivity index (χ3n) is 2.88. The Hall–Kier alpha value is -2.69. The standard InChI is InChI=1S/C14H11FN4/c15-12-8-4-7-11(14(12)16)13-9-17-18-19(13)10-5-2-1-3-6-10/h1-9H,16H2. The van der Waals surface area contributed by atoms with Gasteiger partial charge >= 0.3 is 0 Å². The minimum absolute atomic E-state index is 0.0991. The normalized spacial score (nSPS) is 10.6. The van der Waals surface area contributed by atoms with E-state index >= 15 is 0 Å². The molecule has 0 unspecified atom stereocenters. The summed E-state index contributed by atoms with van der Waals surface area (Å²) in [6, 6.07) is 14.2. The van der Waals surface area contributed by atoms with Crippen molar-refractivity contribution in [3.63, 3.8) is 0 Å². The fourth-order valence-corrected chi connectivity index (χ4v) is 1.94. The number of para-hydroxylation sites is 2. The zero-order valence-electron chi connectivity index (χ0n) is 9.99. The number of aromatic nitrogens is 3. The van der Waals surface area contributed by atoms with Crippen LogP contribution in [0.5, 0.6) is 0 Å². The molecule has 1 heterocycles. The van der Waals surface area contributed by atoms with Gasteiger partial charge in [0, 0.05) is 5.56 Å². The molecule has 0 saturated carbocycles. The highest BCUT2D eigenvalue weighted by Crippen LogP contribution is 2.28. The van der Waals surface area contributed by atoms with Crippen LogP contribution in [-0.2, 0) is 0 Å². The Morgan fingerprint density at radius 2 is 1.79 bits per heavy atom. The van der Waals surface area contributed by atoms with Crippen LogP contribution in [0.1, 0.15) is 0 Å². The van der Waals surface area contributed by atoms with Crippen LogP contribution >= 0.6 is 0 Å². The van der Waals surface area contributed by atoms with E-state index in [-0.39, 0.29) is 5.69 Å². The van der Waals surface area contributed by atoms with Gasteiger partial charge in [0.05, 0.1) is 23.3 Å². The van der Waals surface area contributed by atoms with Crippen LogP contribution in [0.4, 0.5) is 10.1 Å². The maximum atomic E-state index is 13.5. The molecule has 0 spiro atoms. The molecule has 3 aromatic rings. The van der Waals surface area contributed by atoms with Crippen molar-refractivity contribution in [1.82, 2.24) is 15.0 Å². The van der Waals surface area contributed by atoms with E-state index in [1.807, 2.05) is 30.3 Å². The van der Waals surface area contributed by atoms with Gasteiger partial charge in [0.1, 0.15) is 5.82 Å². The third-order valence-corrected chi connectivity index (χ3v) is 2.88. The lowest BCUT2D eigenvalue weighted by Crippen LogP contribution is -2.01. The van der Waals surface area contributed by atoms with Crippen molar-refractivity contribution in [2.24, 2.45) is 0 Å². The highest BCUT2D eigenvalue weighted by molar-refractivity contribution is 5.74. The smallest absolute Gasteiger partial charge is 0.146 e. The van der Waals surface area contributed by atoms with Crippen LogP contribution < -0.4 is 5.73 Å². The molecule has 5 heteroatoms. The van der Waals surface area contributed by atoms with Gasteiger partial charge in [0.25, 0.3) is 0 Å². The highest BCUT2D eigenvalue weighted by Gasteiger charge is 2.13. The number of rotatable bonds is 2. The van der Waals surface area contributed by atoms with Crippen molar-refractivity contribution in [2.75, 3.05) is 5.73 Å². The van der Waals surface area contributed by atoms with Gasteiger partial charge in [-0.1, -0.05) is 35.5 Å². The maximum absolute atomic E-state index is 13.5. The van der Waals surface area contributed by atoms with Crippen LogP contribution in [0.15, 0.2) is 54.7 Å². The van der Waals surface area contributed by atoms with Crippen molar-refractivity contribution < 1.29 is 4.39 Å². The number of nitrogen functional groups attached to an aromatic ring is 1. The Kier molecular flexibility index (Phi) is 2.72. The number of benzene rings is 2. The van der Waals surface area contributed by atoms with E-state index in [2.05, 4.69) is 10.3 Å². The molecular weight excluding hydrogens is 243 g/mol. The molecule has 3 rings (SSSR count). The first kappa shape index (κ1) is 11.4. The van der Waals surface area contributed by atoms with E-state index in [4.69, 9.17) is 5.73 Å². The molecule has 4 nitrogen and oxygen atoms in total. The largest absolute Gasteiger partial charge is 0.396 e. The summed E-state index contributed by atoms with van der Waals surface area (Å²) in [5.74, 6) is -0.446. The number of hydrogen-bond donors (Lipinski definition) is 1. The molecule has 0 bridgehead atoms. The van der Waals surface area contributed by atoms with Gasteiger partial charge in [-0.15, -0.1) is 5.10 Å². The van der Waals surface area contributed by atoms with Crippen molar-refractivity contribution in [3.8, 4) is 16.9 Å². The Morgan fingerprint density at radius 3 is 2.58 bits per heavy atom. The first-order chi connectivity index (χ1) is 9.27. The second kappa shape index (κ2) is 4.53. The zero-order valence-corrected chi connectivity index (χ0v) is 9.99. The summed E-state index contributed by atoms with van der Waals surface area (Å²) in [6.07, 6.45) is 1.57. The maximum Gasteiger partial charge on any atom is 0.146 e. The van der Waals surface area contributed by atoms with Crippen molar-refractivity contribution in [2.45, 2.75) is 0 Å². The fourth-order valence-electron chi connectivity index (χ4n) is 1.94. The SMILES string of the molecule is Nc1c(F)cccc1-c1cnnn1-c1ccccc1. The number of hydrogen-bond acceptors (Lipinski definition) is 3. The lowest BCUT2D eigenvalue weighted by Gasteiger charge is -2.08. The van der Waals surface area contributed by atoms with Crippen LogP contribution in [0.3, 0.4) is 0 Å². The van der Waals surface area contributed by atoms with E-state index in [0.717, 1.165) is 5.69 Å². The van der Waals surface area contributed by atoms with E-state index in [1.165, 1.54) is 6.07 Å². The topological polar surface area (TPSA) is 56.7 Å². The summed E-state index contributed by atoms with van der Waals surface area (Å²) < 4.78 is 15.2. The molecule has 0 aliphatic heterocycles. The van der Waals surface area contributed by atoms with Crippen molar-refractivity contribution in [1.29, 1.82) is 0 Å². The number of halogens is 1. The molecule has 94 valence electrons. The molecule has 0 saturated heterocycles. The van der Waals surface area contributed by atoms with E-state index < -0.39 is 5.82 Å². The summed E-state index contributed by atoms with van der Waals surface area (Å²) in [5.41, 5.74) is 7.96. The molecule has 0 aliphatic rings. The predicted octanol–water partition coefficient (Wildman–Crippen LogP) is 2.66. The van der Waals surface area contributed by atoms with Gasteiger partial charge < -0.3 is 5.73 Å². The molecule has 0 aliphatic carbocycles. The van der Waals surface area contributed by atoms with Gasteiger partial charge in [0.15, 0.2) is 0 Å². The van der Waals surface area contributed by atoms with Crippen LogP contribution in [0.25, 0.3) is 16.9 Å². The molecule has 0 atom stereocenters. The number of anilines is 1.